The van der Waals surface area contributed by atoms with Crippen LogP contribution in [0.25, 0.3) is 10.9 Å². The Hall–Kier alpha value is -2.17. The first-order valence-corrected chi connectivity index (χ1v) is 4.25. The van der Waals surface area contributed by atoms with E-state index in [1.165, 1.54) is 13.3 Å². The summed E-state index contributed by atoms with van der Waals surface area (Å²) in [6.45, 7) is 0. The molecule has 0 atom stereocenters. The minimum absolute atomic E-state index is 0.230. The number of methoxy groups -OCH3 is 1. The zero-order valence-corrected chi connectivity index (χ0v) is 7.97. The second-order valence-electron chi connectivity index (χ2n) is 2.90. The van der Waals surface area contributed by atoms with Gasteiger partial charge in [0.2, 0.25) is 5.82 Å². The molecule has 5 heteroatoms. The molecule has 0 spiro atoms. The number of carboxylic acids is 1. The quantitative estimate of drug-likeness (QED) is 0.799. The van der Waals surface area contributed by atoms with Gasteiger partial charge in [0.1, 0.15) is 11.3 Å². The number of fused-ring (bicyclic) bond motifs is 1. The third-order valence-electron chi connectivity index (χ3n) is 1.99. The fourth-order valence-electron chi connectivity index (χ4n) is 1.30. The largest absolute Gasteiger partial charge is 0.494 e. The van der Waals surface area contributed by atoms with Crippen molar-refractivity contribution >= 4 is 16.9 Å². The number of carbonyl (C=O) groups is 1. The molecular formula is C10H8N2O3. The van der Waals surface area contributed by atoms with Crippen LogP contribution in [0.4, 0.5) is 0 Å². The van der Waals surface area contributed by atoms with Gasteiger partial charge in [-0.3, -0.25) is 0 Å². The van der Waals surface area contributed by atoms with Crippen molar-refractivity contribution < 1.29 is 14.6 Å². The molecule has 15 heavy (non-hydrogen) atoms. The molecule has 1 aromatic heterocycles. The van der Waals surface area contributed by atoms with Gasteiger partial charge in [-0.05, 0) is 6.07 Å². The smallest absolute Gasteiger partial charge is 0.373 e. The van der Waals surface area contributed by atoms with Crippen molar-refractivity contribution in [3.8, 4) is 5.75 Å². The molecule has 0 unspecified atom stereocenters. The Morgan fingerprint density at radius 2 is 2.27 bits per heavy atom. The van der Waals surface area contributed by atoms with Gasteiger partial charge >= 0.3 is 5.97 Å². The fraction of sp³-hybridized carbons (Fsp3) is 0.100. The van der Waals surface area contributed by atoms with E-state index in [1.807, 2.05) is 0 Å². The number of hydrogen-bond acceptors (Lipinski definition) is 4. The van der Waals surface area contributed by atoms with Gasteiger partial charge in [-0.15, -0.1) is 0 Å². The Labute approximate surface area is 85.4 Å². The summed E-state index contributed by atoms with van der Waals surface area (Å²) >= 11 is 0. The van der Waals surface area contributed by atoms with Crippen LogP contribution in [-0.2, 0) is 0 Å². The zero-order chi connectivity index (χ0) is 10.8. The SMILES string of the molecule is COc1cccc2cnc(C(=O)O)nc12. The van der Waals surface area contributed by atoms with Crippen molar-refractivity contribution in [2.75, 3.05) is 7.11 Å². The molecule has 0 fully saturated rings. The minimum Gasteiger partial charge on any atom is -0.494 e. The summed E-state index contributed by atoms with van der Waals surface area (Å²) < 4.78 is 5.08. The fourth-order valence-corrected chi connectivity index (χ4v) is 1.30. The van der Waals surface area contributed by atoms with Crippen LogP contribution in [0.15, 0.2) is 24.4 Å². The molecule has 0 bridgehead atoms. The maximum Gasteiger partial charge on any atom is 0.373 e. The number of ether oxygens (including phenoxy) is 1. The van der Waals surface area contributed by atoms with E-state index in [2.05, 4.69) is 9.97 Å². The summed E-state index contributed by atoms with van der Waals surface area (Å²) in [6, 6.07) is 5.31. The van der Waals surface area contributed by atoms with E-state index >= 15 is 0 Å². The van der Waals surface area contributed by atoms with Crippen molar-refractivity contribution in [2.45, 2.75) is 0 Å². The van der Waals surface area contributed by atoms with E-state index in [1.54, 1.807) is 18.2 Å². The number of nitrogens with zero attached hydrogens (tertiary/aromatic N) is 2. The van der Waals surface area contributed by atoms with Gasteiger partial charge in [-0.2, -0.15) is 0 Å². The van der Waals surface area contributed by atoms with E-state index in [4.69, 9.17) is 9.84 Å². The van der Waals surface area contributed by atoms with Crippen LogP contribution in [0.2, 0.25) is 0 Å². The summed E-state index contributed by atoms with van der Waals surface area (Å²) in [5, 5.41) is 9.49. The Kier molecular flexibility index (Phi) is 2.21. The maximum absolute atomic E-state index is 10.7. The van der Waals surface area contributed by atoms with Crippen molar-refractivity contribution in [2.24, 2.45) is 0 Å². The minimum atomic E-state index is -1.15. The molecule has 0 saturated carbocycles. The second kappa shape index (κ2) is 3.53. The third kappa shape index (κ3) is 1.59. The number of hydrogen-bond donors (Lipinski definition) is 1. The summed E-state index contributed by atoms with van der Waals surface area (Å²) in [5.41, 5.74) is 0.507. The summed E-state index contributed by atoms with van der Waals surface area (Å²) in [6.07, 6.45) is 1.47. The van der Waals surface area contributed by atoms with Gasteiger partial charge in [0.25, 0.3) is 0 Å². The van der Waals surface area contributed by atoms with E-state index in [9.17, 15) is 4.79 Å². The van der Waals surface area contributed by atoms with Crippen LogP contribution < -0.4 is 4.74 Å². The molecule has 0 amide bonds. The van der Waals surface area contributed by atoms with Crippen molar-refractivity contribution in [3.63, 3.8) is 0 Å². The lowest BCUT2D eigenvalue weighted by molar-refractivity contribution is 0.0684. The predicted octanol–water partition coefficient (Wildman–Crippen LogP) is 1.34. The first-order chi connectivity index (χ1) is 7.22. The summed E-state index contributed by atoms with van der Waals surface area (Å²) in [5.74, 6) is -0.841. The van der Waals surface area contributed by atoms with E-state index < -0.39 is 5.97 Å². The highest BCUT2D eigenvalue weighted by Crippen LogP contribution is 2.22. The molecule has 76 valence electrons. The number of para-hydroxylation sites is 1. The Bertz CT molecular complexity index is 525. The molecule has 0 aliphatic carbocycles. The van der Waals surface area contributed by atoms with Crippen molar-refractivity contribution in [1.82, 2.24) is 9.97 Å². The average Bonchev–Trinajstić information content (AvgIpc) is 2.27. The first kappa shape index (κ1) is 9.39. The van der Waals surface area contributed by atoms with Crippen LogP contribution >= 0.6 is 0 Å². The summed E-state index contributed by atoms with van der Waals surface area (Å²) in [7, 11) is 1.51. The van der Waals surface area contributed by atoms with Gasteiger partial charge < -0.3 is 9.84 Å². The summed E-state index contributed by atoms with van der Waals surface area (Å²) in [4.78, 5) is 18.3. The number of rotatable bonds is 2. The number of aromatic carboxylic acids is 1. The Balaban J connectivity index is 2.72. The van der Waals surface area contributed by atoms with Gasteiger partial charge in [0, 0.05) is 11.6 Å². The Morgan fingerprint density at radius 1 is 1.47 bits per heavy atom. The molecular weight excluding hydrogens is 196 g/mol. The molecule has 2 rings (SSSR count). The molecule has 5 nitrogen and oxygen atoms in total. The normalized spacial score (nSPS) is 10.2. The van der Waals surface area contributed by atoms with Crippen LogP contribution in [0.5, 0.6) is 5.75 Å². The van der Waals surface area contributed by atoms with Crippen LogP contribution in [0.1, 0.15) is 10.6 Å². The second-order valence-corrected chi connectivity index (χ2v) is 2.90. The molecule has 0 aliphatic heterocycles. The monoisotopic (exact) mass is 204 g/mol. The maximum atomic E-state index is 10.7. The zero-order valence-electron chi connectivity index (χ0n) is 7.97. The molecule has 1 heterocycles. The highest BCUT2D eigenvalue weighted by molar-refractivity contribution is 5.89. The molecule has 1 aromatic carbocycles. The number of benzene rings is 1. The molecule has 0 saturated heterocycles. The standard InChI is InChI=1S/C10H8N2O3/c1-15-7-4-2-3-6-5-11-9(10(13)14)12-8(6)7/h2-5H,1H3,(H,13,14). The van der Waals surface area contributed by atoms with Gasteiger partial charge in [0.15, 0.2) is 0 Å². The van der Waals surface area contributed by atoms with Crippen molar-refractivity contribution in [1.29, 1.82) is 0 Å². The highest BCUT2D eigenvalue weighted by Gasteiger charge is 2.09. The number of aromatic nitrogens is 2. The van der Waals surface area contributed by atoms with E-state index in [0.29, 0.717) is 11.3 Å². The van der Waals surface area contributed by atoms with Crippen LogP contribution in [-0.4, -0.2) is 28.2 Å². The average molecular weight is 204 g/mol. The van der Waals surface area contributed by atoms with Gasteiger partial charge in [0.05, 0.1) is 7.11 Å². The third-order valence-corrected chi connectivity index (χ3v) is 1.99. The molecule has 0 aliphatic rings. The molecule has 1 N–H and O–H groups in total. The van der Waals surface area contributed by atoms with E-state index in [0.717, 1.165) is 5.39 Å². The van der Waals surface area contributed by atoms with Gasteiger partial charge in [-0.25, -0.2) is 14.8 Å². The lowest BCUT2D eigenvalue weighted by Crippen LogP contribution is -2.04. The van der Waals surface area contributed by atoms with Gasteiger partial charge in [-0.1, -0.05) is 12.1 Å². The topological polar surface area (TPSA) is 72.3 Å². The van der Waals surface area contributed by atoms with Crippen LogP contribution in [0, 0.1) is 0 Å². The Morgan fingerprint density at radius 3 is 2.93 bits per heavy atom. The van der Waals surface area contributed by atoms with Crippen molar-refractivity contribution in [3.05, 3.63) is 30.2 Å². The lowest BCUT2D eigenvalue weighted by Gasteiger charge is -2.03. The number of carboxylic acid groups (broad SMARTS) is 1. The predicted molar refractivity (Wildman–Crippen MR) is 53.0 cm³/mol. The lowest BCUT2D eigenvalue weighted by atomic mass is 10.2. The highest BCUT2D eigenvalue weighted by atomic mass is 16.5. The first-order valence-electron chi connectivity index (χ1n) is 4.25. The van der Waals surface area contributed by atoms with Crippen LogP contribution in [0.3, 0.4) is 0 Å². The van der Waals surface area contributed by atoms with E-state index in [-0.39, 0.29) is 5.82 Å². The molecule has 0 radical (unpaired) electrons. The molecule has 2 aromatic rings.